The van der Waals surface area contributed by atoms with E-state index in [-0.39, 0.29) is 12.1 Å². The zero-order chi connectivity index (χ0) is 11.5. The van der Waals surface area contributed by atoms with Crippen molar-refractivity contribution < 1.29 is 4.74 Å². The van der Waals surface area contributed by atoms with Crippen LogP contribution in [-0.2, 0) is 4.74 Å². The molecule has 88 valence electrons. The number of nitrogens with two attached hydrogens (primary N) is 1. The minimum Gasteiger partial charge on any atom is -0.379 e. The van der Waals surface area contributed by atoms with Gasteiger partial charge in [0.25, 0.3) is 0 Å². The lowest BCUT2D eigenvalue weighted by atomic mass is 9.98. The molecule has 3 N–H and O–H groups in total. The van der Waals surface area contributed by atoms with Gasteiger partial charge < -0.3 is 4.74 Å². The van der Waals surface area contributed by atoms with Crippen LogP contribution < -0.4 is 11.3 Å². The van der Waals surface area contributed by atoms with Crippen molar-refractivity contribution in [3.63, 3.8) is 0 Å². The highest BCUT2D eigenvalue weighted by Gasteiger charge is 2.37. The highest BCUT2D eigenvalue weighted by molar-refractivity contribution is 5.25. The topological polar surface area (TPSA) is 47.3 Å². The van der Waals surface area contributed by atoms with Gasteiger partial charge in [0.15, 0.2) is 0 Å². The molecule has 1 saturated carbocycles. The Morgan fingerprint density at radius 2 is 1.94 bits per heavy atom. The predicted octanol–water partition coefficient (Wildman–Crippen LogP) is 1.92. The molecule has 0 radical (unpaired) electrons. The number of hydrogen-bond acceptors (Lipinski definition) is 3. The Labute approximate surface area is 97.0 Å². The quantitative estimate of drug-likeness (QED) is 0.589. The summed E-state index contributed by atoms with van der Waals surface area (Å²) in [5.74, 6) is 6.31. The van der Waals surface area contributed by atoms with Crippen LogP contribution in [0.25, 0.3) is 0 Å². The summed E-state index contributed by atoms with van der Waals surface area (Å²) in [6, 6.07) is 8.55. The van der Waals surface area contributed by atoms with Gasteiger partial charge in [-0.1, -0.05) is 29.8 Å². The average molecular weight is 220 g/mol. The lowest BCUT2D eigenvalue weighted by molar-refractivity contribution is 0.0507. The molecule has 0 saturated heterocycles. The number of methoxy groups -OCH3 is 1. The van der Waals surface area contributed by atoms with E-state index in [2.05, 4.69) is 36.6 Å². The van der Waals surface area contributed by atoms with E-state index in [1.807, 2.05) is 0 Å². The van der Waals surface area contributed by atoms with Crippen molar-refractivity contribution in [2.75, 3.05) is 7.11 Å². The fraction of sp³-hybridized carbons (Fsp3) is 0.538. The summed E-state index contributed by atoms with van der Waals surface area (Å²) < 4.78 is 5.57. The first-order valence-corrected chi connectivity index (χ1v) is 5.81. The van der Waals surface area contributed by atoms with Crippen LogP contribution in [0.1, 0.15) is 30.0 Å². The van der Waals surface area contributed by atoms with Gasteiger partial charge in [0, 0.05) is 7.11 Å². The monoisotopic (exact) mass is 220 g/mol. The molecule has 2 unspecified atom stereocenters. The second kappa shape index (κ2) is 4.95. The molecule has 3 nitrogen and oxygen atoms in total. The third-order valence-corrected chi connectivity index (χ3v) is 3.30. The molecule has 0 aliphatic heterocycles. The first-order valence-electron chi connectivity index (χ1n) is 5.81. The molecule has 1 aliphatic carbocycles. The van der Waals surface area contributed by atoms with Crippen LogP contribution in [0.3, 0.4) is 0 Å². The summed E-state index contributed by atoms with van der Waals surface area (Å²) in [5, 5.41) is 0. The van der Waals surface area contributed by atoms with Crippen molar-refractivity contribution in [3.8, 4) is 0 Å². The molecule has 0 heterocycles. The van der Waals surface area contributed by atoms with Gasteiger partial charge in [0.2, 0.25) is 0 Å². The van der Waals surface area contributed by atoms with Crippen LogP contribution in [0.15, 0.2) is 24.3 Å². The molecule has 0 aromatic heterocycles. The SMILES string of the molecule is COC(C1CC1)C(NN)c1ccc(C)cc1. The van der Waals surface area contributed by atoms with Gasteiger partial charge in [-0.15, -0.1) is 0 Å². The normalized spacial score (nSPS) is 19.4. The van der Waals surface area contributed by atoms with Gasteiger partial charge in [0.05, 0.1) is 12.1 Å². The molecule has 0 amide bonds. The van der Waals surface area contributed by atoms with Crippen LogP contribution >= 0.6 is 0 Å². The van der Waals surface area contributed by atoms with E-state index >= 15 is 0 Å². The highest BCUT2D eigenvalue weighted by Crippen LogP contribution is 2.39. The standard InChI is InChI=1S/C13H20N2O/c1-9-3-5-10(6-4-9)12(15-14)13(16-2)11-7-8-11/h3-6,11-13,15H,7-8,14H2,1-2H3. The van der Waals surface area contributed by atoms with Crippen molar-refractivity contribution in [2.45, 2.75) is 31.9 Å². The Morgan fingerprint density at radius 1 is 1.31 bits per heavy atom. The Bertz CT molecular complexity index is 332. The van der Waals surface area contributed by atoms with Crippen LogP contribution in [0.2, 0.25) is 0 Å². The summed E-state index contributed by atoms with van der Waals surface area (Å²) >= 11 is 0. The van der Waals surface area contributed by atoms with Gasteiger partial charge >= 0.3 is 0 Å². The van der Waals surface area contributed by atoms with E-state index < -0.39 is 0 Å². The zero-order valence-corrected chi connectivity index (χ0v) is 9.94. The summed E-state index contributed by atoms with van der Waals surface area (Å²) in [4.78, 5) is 0. The fourth-order valence-corrected chi connectivity index (χ4v) is 2.18. The predicted molar refractivity (Wildman–Crippen MR) is 64.8 cm³/mol. The average Bonchev–Trinajstić information content (AvgIpc) is 3.11. The Kier molecular flexibility index (Phi) is 3.59. The molecule has 1 aromatic carbocycles. The Hall–Kier alpha value is -0.900. The van der Waals surface area contributed by atoms with Gasteiger partial charge in [-0.3, -0.25) is 11.3 Å². The maximum atomic E-state index is 5.65. The van der Waals surface area contributed by atoms with Crippen LogP contribution in [0.5, 0.6) is 0 Å². The minimum atomic E-state index is 0.0955. The van der Waals surface area contributed by atoms with Crippen molar-refractivity contribution in [2.24, 2.45) is 11.8 Å². The molecule has 2 atom stereocenters. The highest BCUT2D eigenvalue weighted by atomic mass is 16.5. The van der Waals surface area contributed by atoms with E-state index in [0.29, 0.717) is 5.92 Å². The largest absolute Gasteiger partial charge is 0.379 e. The molecule has 1 aliphatic rings. The van der Waals surface area contributed by atoms with Gasteiger partial charge in [-0.2, -0.15) is 0 Å². The van der Waals surface area contributed by atoms with E-state index in [1.165, 1.54) is 24.0 Å². The molecule has 1 fully saturated rings. The number of hydrazine groups is 1. The van der Waals surface area contributed by atoms with Gasteiger partial charge in [0.1, 0.15) is 0 Å². The molecule has 3 heteroatoms. The Balaban J connectivity index is 2.16. The van der Waals surface area contributed by atoms with Crippen LogP contribution in [-0.4, -0.2) is 13.2 Å². The number of ether oxygens (including phenoxy) is 1. The molecule has 16 heavy (non-hydrogen) atoms. The zero-order valence-electron chi connectivity index (χ0n) is 9.94. The van der Waals surface area contributed by atoms with Crippen LogP contribution in [0.4, 0.5) is 0 Å². The van der Waals surface area contributed by atoms with E-state index in [4.69, 9.17) is 10.6 Å². The van der Waals surface area contributed by atoms with Crippen molar-refractivity contribution >= 4 is 0 Å². The van der Waals surface area contributed by atoms with Gasteiger partial charge in [-0.25, -0.2) is 0 Å². The first-order chi connectivity index (χ1) is 7.76. The summed E-state index contributed by atoms with van der Waals surface area (Å²) in [7, 11) is 1.77. The van der Waals surface area contributed by atoms with Crippen molar-refractivity contribution in [1.82, 2.24) is 5.43 Å². The Morgan fingerprint density at radius 3 is 2.38 bits per heavy atom. The number of nitrogens with one attached hydrogen (secondary N) is 1. The molecule has 0 spiro atoms. The lowest BCUT2D eigenvalue weighted by Crippen LogP contribution is -2.38. The maximum absolute atomic E-state index is 5.65. The molecule has 1 aromatic rings. The summed E-state index contributed by atoms with van der Waals surface area (Å²) in [5.41, 5.74) is 5.35. The number of benzene rings is 1. The molecular formula is C13H20N2O. The number of hydrogen-bond donors (Lipinski definition) is 2. The lowest BCUT2D eigenvalue weighted by Gasteiger charge is -2.25. The summed E-state index contributed by atoms with van der Waals surface area (Å²) in [6.07, 6.45) is 2.69. The molecule has 0 bridgehead atoms. The van der Waals surface area contributed by atoms with Gasteiger partial charge in [-0.05, 0) is 31.2 Å². The van der Waals surface area contributed by atoms with E-state index in [0.717, 1.165) is 0 Å². The molecular weight excluding hydrogens is 200 g/mol. The molecule has 2 rings (SSSR count). The van der Waals surface area contributed by atoms with Crippen molar-refractivity contribution in [1.29, 1.82) is 0 Å². The number of rotatable bonds is 5. The third kappa shape index (κ3) is 2.43. The third-order valence-electron chi connectivity index (χ3n) is 3.30. The fourth-order valence-electron chi connectivity index (χ4n) is 2.18. The van der Waals surface area contributed by atoms with Crippen molar-refractivity contribution in [3.05, 3.63) is 35.4 Å². The van der Waals surface area contributed by atoms with E-state index in [9.17, 15) is 0 Å². The van der Waals surface area contributed by atoms with E-state index in [1.54, 1.807) is 7.11 Å². The first kappa shape index (κ1) is 11.6. The second-order valence-electron chi connectivity index (χ2n) is 4.59. The number of aryl methyl sites for hydroxylation is 1. The van der Waals surface area contributed by atoms with Crippen LogP contribution in [0, 0.1) is 12.8 Å². The minimum absolute atomic E-state index is 0.0955. The summed E-state index contributed by atoms with van der Waals surface area (Å²) in [6.45, 7) is 2.09. The maximum Gasteiger partial charge on any atom is 0.0806 e. The second-order valence-corrected chi connectivity index (χ2v) is 4.59. The smallest absolute Gasteiger partial charge is 0.0806 e.